The molecule has 7 heteroatoms. The van der Waals surface area contributed by atoms with Crippen molar-refractivity contribution in [3.63, 3.8) is 0 Å². The molecule has 122 valence electrons. The lowest BCUT2D eigenvalue weighted by molar-refractivity contribution is 0.240. The molecule has 0 heterocycles. The molecule has 0 unspecified atom stereocenters. The maximum Gasteiger partial charge on any atom is 0.356 e. The minimum Gasteiger partial charge on any atom is -0.320 e. The number of nitrogens with one attached hydrogen (secondary N) is 2. The molecule has 2 rings (SSSR count). The van der Waals surface area contributed by atoms with E-state index < -0.39 is 19.4 Å². The Hall–Kier alpha value is -2.14. The fourth-order valence-corrected chi connectivity index (χ4v) is 3.46. The zero-order valence-corrected chi connectivity index (χ0v) is 13.8. The van der Waals surface area contributed by atoms with E-state index in [0.29, 0.717) is 11.3 Å². The van der Waals surface area contributed by atoms with Crippen LogP contribution in [-0.2, 0) is 13.6 Å². The fourth-order valence-electron chi connectivity index (χ4n) is 2.08. The fraction of sp³-hybridized carbons (Fsp3) is 0.188. The van der Waals surface area contributed by atoms with Crippen LogP contribution in [0.15, 0.2) is 60.7 Å². The molecule has 2 N–H and O–H groups in total. The third-order valence-corrected chi connectivity index (χ3v) is 5.32. The third kappa shape index (κ3) is 4.42. The Labute approximate surface area is 135 Å². The predicted molar refractivity (Wildman–Crippen MR) is 89.4 cm³/mol. The van der Waals surface area contributed by atoms with Crippen LogP contribution < -0.4 is 10.6 Å². The number of hydrogen-bond acceptors (Lipinski definition) is 4. The number of amides is 2. The van der Waals surface area contributed by atoms with E-state index in [9.17, 15) is 9.36 Å². The molecule has 23 heavy (non-hydrogen) atoms. The predicted octanol–water partition coefficient (Wildman–Crippen LogP) is 3.99. The van der Waals surface area contributed by atoms with Gasteiger partial charge >= 0.3 is 13.6 Å². The van der Waals surface area contributed by atoms with Crippen LogP contribution in [0.2, 0.25) is 0 Å². The van der Waals surface area contributed by atoms with Gasteiger partial charge in [0.15, 0.2) is 5.78 Å². The van der Waals surface area contributed by atoms with Crippen molar-refractivity contribution < 1.29 is 18.4 Å². The van der Waals surface area contributed by atoms with Gasteiger partial charge in [-0.2, -0.15) is 0 Å². The van der Waals surface area contributed by atoms with Crippen LogP contribution in [0, 0.1) is 0 Å². The van der Waals surface area contributed by atoms with E-state index in [-0.39, 0.29) is 0 Å². The van der Waals surface area contributed by atoms with Gasteiger partial charge in [0.2, 0.25) is 0 Å². The molecule has 0 aliphatic carbocycles. The highest BCUT2D eigenvalue weighted by molar-refractivity contribution is 7.54. The second-order valence-electron chi connectivity index (χ2n) is 4.68. The van der Waals surface area contributed by atoms with Crippen molar-refractivity contribution in [3.8, 4) is 0 Å². The van der Waals surface area contributed by atoms with Gasteiger partial charge in [0.25, 0.3) is 0 Å². The van der Waals surface area contributed by atoms with E-state index in [1.165, 1.54) is 14.2 Å². The molecule has 0 aromatic heterocycles. The average Bonchev–Trinajstić information content (AvgIpc) is 2.60. The number of carbonyl (C=O) groups is 1. The summed E-state index contributed by atoms with van der Waals surface area (Å²) >= 11 is 0. The average molecular weight is 334 g/mol. The van der Waals surface area contributed by atoms with Crippen LogP contribution in [0.1, 0.15) is 11.3 Å². The Morgan fingerprint density at radius 3 is 2.00 bits per heavy atom. The number of rotatable bonds is 6. The number of benzene rings is 2. The van der Waals surface area contributed by atoms with Gasteiger partial charge in [-0.15, -0.1) is 0 Å². The van der Waals surface area contributed by atoms with Crippen LogP contribution in [0.25, 0.3) is 0 Å². The quantitative estimate of drug-likeness (QED) is 0.783. The van der Waals surface area contributed by atoms with Crippen molar-refractivity contribution in [2.45, 2.75) is 5.78 Å². The van der Waals surface area contributed by atoms with Crippen LogP contribution in [0.4, 0.5) is 10.5 Å². The van der Waals surface area contributed by atoms with Gasteiger partial charge in [-0.1, -0.05) is 48.5 Å². The summed E-state index contributed by atoms with van der Waals surface area (Å²) in [5.74, 6) is -0.914. The van der Waals surface area contributed by atoms with Gasteiger partial charge in [-0.25, -0.2) is 4.79 Å². The van der Waals surface area contributed by atoms with E-state index in [4.69, 9.17) is 9.05 Å². The zero-order chi connectivity index (χ0) is 16.7. The summed E-state index contributed by atoms with van der Waals surface area (Å²) < 4.78 is 22.8. The molecule has 0 saturated carbocycles. The molecule has 0 saturated heterocycles. The van der Waals surface area contributed by atoms with Crippen LogP contribution in [0.3, 0.4) is 0 Å². The second kappa shape index (κ2) is 7.92. The molecule has 6 nitrogen and oxygen atoms in total. The van der Waals surface area contributed by atoms with E-state index in [2.05, 4.69) is 10.6 Å². The first-order valence-corrected chi connectivity index (χ1v) is 8.59. The highest BCUT2D eigenvalue weighted by Gasteiger charge is 2.36. The van der Waals surface area contributed by atoms with Crippen LogP contribution >= 0.6 is 7.60 Å². The number of para-hydroxylation sites is 1. The zero-order valence-electron chi connectivity index (χ0n) is 12.9. The number of carbonyl (C=O) groups excluding carboxylic acids is 1. The normalized spacial score (nSPS) is 12.4. The van der Waals surface area contributed by atoms with Gasteiger partial charge < -0.3 is 19.7 Å². The van der Waals surface area contributed by atoms with Gasteiger partial charge in [-0.05, 0) is 17.7 Å². The van der Waals surface area contributed by atoms with E-state index in [1.807, 2.05) is 12.1 Å². The lowest BCUT2D eigenvalue weighted by Gasteiger charge is -2.25. The molecule has 0 fully saturated rings. The monoisotopic (exact) mass is 334 g/mol. The minimum absolute atomic E-state index is 0.501. The molecule has 2 aromatic rings. The summed E-state index contributed by atoms with van der Waals surface area (Å²) in [6.07, 6.45) is 0. The Morgan fingerprint density at radius 2 is 1.48 bits per heavy atom. The molecule has 0 aliphatic rings. The molecule has 2 aromatic carbocycles. The largest absolute Gasteiger partial charge is 0.356 e. The first-order chi connectivity index (χ1) is 11.1. The van der Waals surface area contributed by atoms with Crippen molar-refractivity contribution in [1.29, 1.82) is 0 Å². The van der Waals surface area contributed by atoms with Gasteiger partial charge in [0, 0.05) is 19.9 Å². The maximum absolute atomic E-state index is 12.8. The Balaban J connectivity index is 2.21. The van der Waals surface area contributed by atoms with E-state index in [0.717, 1.165) is 0 Å². The summed E-state index contributed by atoms with van der Waals surface area (Å²) in [5.41, 5.74) is 1.25. The molecular formula is C16H19N2O4P. The SMILES string of the molecule is COP(=O)(OC)[C@H](NC(=O)Nc1ccccc1)c1ccccc1. The Kier molecular flexibility index (Phi) is 5.93. The smallest absolute Gasteiger partial charge is 0.320 e. The molecule has 0 bridgehead atoms. The molecule has 0 aliphatic heterocycles. The molecule has 0 radical (unpaired) electrons. The Bertz CT molecular complexity index is 671. The topological polar surface area (TPSA) is 76.7 Å². The number of urea groups is 1. The van der Waals surface area contributed by atoms with Crippen molar-refractivity contribution in [1.82, 2.24) is 5.32 Å². The molecule has 2 amide bonds. The highest BCUT2D eigenvalue weighted by Crippen LogP contribution is 2.58. The molecule has 1 atom stereocenters. The van der Waals surface area contributed by atoms with Crippen molar-refractivity contribution >= 4 is 19.3 Å². The second-order valence-corrected chi connectivity index (χ2v) is 7.01. The van der Waals surface area contributed by atoms with Crippen molar-refractivity contribution in [2.75, 3.05) is 19.5 Å². The number of hydrogen-bond donors (Lipinski definition) is 2. The first kappa shape index (κ1) is 17.2. The Morgan fingerprint density at radius 1 is 0.957 bits per heavy atom. The van der Waals surface area contributed by atoms with Gasteiger partial charge in [-0.3, -0.25) is 4.57 Å². The maximum atomic E-state index is 12.8. The lowest BCUT2D eigenvalue weighted by atomic mass is 10.2. The number of anilines is 1. The summed E-state index contributed by atoms with van der Waals surface area (Å²) in [7, 11) is -0.966. The van der Waals surface area contributed by atoms with Crippen molar-refractivity contribution in [3.05, 3.63) is 66.2 Å². The first-order valence-electron chi connectivity index (χ1n) is 6.98. The van der Waals surface area contributed by atoms with E-state index in [1.54, 1.807) is 48.5 Å². The van der Waals surface area contributed by atoms with Crippen LogP contribution in [0.5, 0.6) is 0 Å². The highest BCUT2D eigenvalue weighted by atomic mass is 31.2. The standard InChI is InChI=1S/C16H19N2O4P/c1-21-23(20,22-2)15(13-9-5-3-6-10-13)18-16(19)17-14-11-7-4-8-12-14/h3-12,15H,1-2H3,(H2,17,18,19)/t15-/m0/s1. The van der Waals surface area contributed by atoms with Gasteiger partial charge in [0.1, 0.15) is 0 Å². The summed E-state index contributed by atoms with van der Waals surface area (Å²) in [6.45, 7) is 0. The molecule has 0 spiro atoms. The van der Waals surface area contributed by atoms with Gasteiger partial charge in [0.05, 0.1) is 0 Å². The lowest BCUT2D eigenvalue weighted by Crippen LogP contribution is -2.33. The minimum atomic E-state index is -3.54. The molecular weight excluding hydrogens is 315 g/mol. The van der Waals surface area contributed by atoms with Crippen molar-refractivity contribution in [2.24, 2.45) is 0 Å². The third-order valence-electron chi connectivity index (χ3n) is 3.24. The summed E-state index contributed by atoms with van der Waals surface area (Å²) in [6, 6.07) is 17.4. The summed E-state index contributed by atoms with van der Waals surface area (Å²) in [4.78, 5) is 12.2. The summed E-state index contributed by atoms with van der Waals surface area (Å²) in [5, 5.41) is 5.34. The van der Waals surface area contributed by atoms with Crippen LogP contribution in [-0.4, -0.2) is 20.3 Å². The van der Waals surface area contributed by atoms with E-state index >= 15 is 0 Å².